The van der Waals surface area contributed by atoms with Crippen molar-refractivity contribution in [1.29, 1.82) is 0 Å². The molecule has 1 amide bonds. The zero-order chi connectivity index (χ0) is 21.8. The number of benzene rings is 2. The molecule has 7 nitrogen and oxygen atoms in total. The van der Waals surface area contributed by atoms with Gasteiger partial charge in [-0.25, -0.2) is 9.67 Å². The number of hydrogen-bond acceptors (Lipinski definition) is 5. The van der Waals surface area contributed by atoms with Crippen molar-refractivity contribution in [1.82, 2.24) is 14.8 Å². The molecule has 158 valence electrons. The maximum Gasteiger partial charge on any atom is 0.257 e. The van der Waals surface area contributed by atoms with Gasteiger partial charge in [-0.1, -0.05) is 19.1 Å². The molecule has 0 saturated heterocycles. The molecule has 0 spiro atoms. The number of methoxy groups -OCH3 is 2. The van der Waals surface area contributed by atoms with Crippen molar-refractivity contribution in [3.63, 3.8) is 0 Å². The average Bonchev–Trinajstić information content (AvgIpc) is 3.21. The summed E-state index contributed by atoms with van der Waals surface area (Å²) >= 11 is 0. The first kappa shape index (κ1) is 20.4. The average molecular weight is 416 g/mol. The van der Waals surface area contributed by atoms with E-state index in [4.69, 9.17) is 9.47 Å². The van der Waals surface area contributed by atoms with Gasteiger partial charge in [0.1, 0.15) is 11.5 Å². The normalized spacial score (nSPS) is 10.8. The monoisotopic (exact) mass is 416 g/mol. The highest BCUT2D eigenvalue weighted by molar-refractivity contribution is 6.05. The summed E-state index contributed by atoms with van der Waals surface area (Å²) in [5, 5.41) is 8.18. The van der Waals surface area contributed by atoms with Gasteiger partial charge in [-0.2, -0.15) is 5.10 Å². The Kier molecular flexibility index (Phi) is 5.84. The van der Waals surface area contributed by atoms with Gasteiger partial charge in [-0.15, -0.1) is 0 Å². The van der Waals surface area contributed by atoms with Gasteiger partial charge < -0.3 is 14.8 Å². The number of carbonyl (C=O) groups is 1. The number of aryl methyl sites for hydroxylation is 1. The number of ether oxygens (including phenoxy) is 2. The third-order valence-electron chi connectivity index (χ3n) is 5.15. The van der Waals surface area contributed by atoms with Crippen LogP contribution >= 0.6 is 0 Å². The third-order valence-corrected chi connectivity index (χ3v) is 5.15. The molecule has 0 saturated carbocycles. The van der Waals surface area contributed by atoms with Crippen molar-refractivity contribution in [3.8, 4) is 11.5 Å². The highest BCUT2D eigenvalue weighted by atomic mass is 16.5. The Labute approximate surface area is 180 Å². The molecule has 2 aromatic heterocycles. The maximum absolute atomic E-state index is 12.7. The van der Waals surface area contributed by atoms with E-state index in [0.717, 1.165) is 28.8 Å². The quantitative estimate of drug-likeness (QED) is 0.486. The van der Waals surface area contributed by atoms with E-state index in [1.807, 2.05) is 42.5 Å². The van der Waals surface area contributed by atoms with Crippen LogP contribution in [0.15, 0.2) is 60.9 Å². The summed E-state index contributed by atoms with van der Waals surface area (Å²) in [5.74, 6) is 1.24. The van der Waals surface area contributed by atoms with Crippen LogP contribution in [-0.4, -0.2) is 34.9 Å². The first-order valence-electron chi connectivity index (χ1n) is 10.0. The predicted octanol–water partition coefficient (Wildman–Crippen LogP) is 4.31. The molecule has 0 aliphatic carbocycles. The number of amides is 1. The van der Waals surface area contributed by atoms with E-state index >= 15 is 0 Å². The van der Waals surface area contributed by atoms with Crippen molar-refractivity contribution in [2.24, 2.45) is 0 Å². The van der Waals surface area contributed by atoms with Crippen LogP contribution in [-0.2, 0) is 13.0 Å². The Balaban J connectivity index is 1.56. The lowest BCUT2D eigenvalue weighted by atomic mass is 10.1. The second-order valence-electron chi connectivity index (χ2n) is 7.12. The molecular formula is C24H24N4O3. The third kappa shape index (κ3) is 4.35. The second kappa shape index (κ2) is 8.87. The largest absolute Gasteiger partial charge is 0.497 e. The van der Waals surface area contributed by atoms with Crippen molar-refractivity contribution >= 4 is 22.6 Å². The van der Waals surface area contributed by atoms with Crippen LogP contribution in [0.2, 0.25) is 0 Å². The number of nitrogens with one attached hydrogen (secondary N) is 1. The summed E-state index contributed by atoms with van der Waals surface area (Å²) in [6.45, 7) is 2.57. The Morgan fingerprint density at radius 2 is 1.94 bits per heavy atom. The first-order valence-corrected chi connectivity index (χ1v) is 10.0. The minimum atomic E-state index is -0.202. The number of aromatic nitrogens is 3. The summed E-state index contributed by atoms with van der Waals surface area (Å²) in [6.07, 6.45) is 4.20. The van der Waals surface area contributed by atoms with E-state index in [1.165, 1.54) is 5.56 Å². The van der Waals surface area contributed by atoms with E-state index < -0.39 is 0 Å². The molecule has 0 unspecified atom stereocenters. The van der Waals surface area contributed by atoms with Crippen molar-refractivity contribution in [2.75, 3.05) is 19.5 Å². The fraction of sp³-hybridized carbons (Fsp3) is 0.208. The van der Waals surface area contributed by atoms with Crippen LogP contribution in [0.4, 0.5) is 5.69 Å². The summed E-state index contributed by atoms with van der Waals surface area (Å²) < 4.78 is 12.5. The molecule has 4 rings (SSSR count). The molecule has 7 heteroatoms. The van der Waals surface area contributed by atoms with Gasteiger partial charge in [0.2, 0.25) is 0 Å². The van der Waals surface area contributed by atoms with Crippen molar-refractivity contribution in [3.05, 3.63) is 77.6 Å². The van der Waals surface area contributed by atoms with Gasteiger partial charge in [0.05, 0.1) is 32.5 Å². The Morgan fingerprint density at radius 3 is 2.71 bits per heavy atom. The molecule has 0 atom stereocenters. The molecule has 2 aromatic carbocycles. The van der Waals surface area contributed by atoms with E-state index in [9.17, 15) is 4.79 Å². The summed E-state index contributed by atoms with van der Waals surface area (Å²) in [5.41, 5.74) is 4.07. The molecular weight excluding hydrogens is 392 g/mol. The number of anilines is 1. The lowest BCUT2D eigenvalue weighted by molar-refractivity contribution is 0.102. The van der Waals surface area contributed by atoms with Gasteiger partial charge in [0.25, 0.3) is 5.91 Å². The van der Waals surface area contributed by atoms with Gasteiger partial charge >= 0.3 is 0 Å². The van der Waals surface area contributed by atoms with Crippen LogP contribution in [0, 0.1) is 0 Å². The summed E-state index contributed by atoms with van der Waals surface area (Å²) in [4.78, 5) is 17.2. The molecule has 0 bridgehead atoms. The Hall–Kier alpha value is -3.87. The van der Waals surface area contributed by atoms with Gasteiger partial charge in [-0.3, -0.25) is 4.79 Å². The van der Waals surface area contributed by atoms with Crippen LogP contribution in [0.3, 0.4) is 0 Å². The van der Waals surface area contributed by atoms with E-state index in [1.54, 1.807) is 37.4 Å². The number of fused-ring (bicyclic) bond motifs is 1. The molecule has 4 aromatic rings. The molecule has 0 fully saturated rings. The molecule has 2 heterocycles. The van der Waals surface area contributed by atoms with Crippen molar-refractivity contribution in [2.45, 2.75) is 19.9 Å². The predicted molar refractivity (Wildman–Crippen MR) is 120 cm³/mol. The molecule has 31 heavy (non-hydrogen) atoms. The second-order valence-corrected chi connectivity index (χ2v) is 7.12. The van der Waals surface area contributed by atoms with Crippen LogP contribution in [0.25, 0.3) is 11.0 Å². The number of hydrogen-bond donors (Lipinski definition) is 1. The standard InChI is InChI=1S/C24H24N4O3/c1-4-16-6-5-7-20(10-16)27-24(29)19-11-18-14-26-28(23(18)25-13-19)15-17-8-9-21(30-2)12-22(17)31-3/h5-14H,4,15H2,1-3H3,(H,27,29). The summed E-state index contributed by atoms with van der Waals surface area (Å²) in [6, 6.07) is 15.3. The van der Waals surface area contributed by atoms with Gasteiger partial charge in [0.15, 0.2) is 5.65 Å². The molecule has 1 N–H and O–H groups in total. The Bertz CT molecular complexity index is 1230. The minimum absolute atomic E-state index is 0.202. The fourth-order valence-electron chi connectivity index (χ4n) is 3.43. The highest BCUT2D eigenvalue weighted by Crippen LogP contribution is 2.26. The van der Waals surface area contributed by atoms with Gasteiger partial charge in [0, 0.05) is 28.9 Å². The Morgan fingerprint density at radius 1 is 1.06 bits per heavy atom. The topological polar surface area (TPSA) is 78.3 Å². The molecule has 0 aliphatic heterocycles. The lowest BCUT2D eigenvalue weighted by Crippen LogP contribution is -2.12. The lowest BCUT2D eigenvalue weighted by Gasteiger charge is -2.11. The number of carbonyl (C=O) groups excluding carboxylic acids is 1. The number of pyridine rings is 1. The molecule has 0 radical (unpaired) electrons. The highest BCUT2D eigenvalue weighted by Gasteiger charge is 2.13. The maximum atomic E-state index is 12.7. The smallest absolute Gasteiger partial charge is 0.257 e. The van der Waals surface area contributed by atoms with E-state index in [2.05, 4.69) is 22.3 Å². The number of rotatable bonds is 7. The van der Waals surface area contributed by atoms with E-state index in [0.29, 0.717) is 23.5 Å². The SMILES string of the molecule is CCc1cccc(NC(=O)c2cnc3c(cnn3Cc3ccc(OC)cc3OC)c2)c1. The number of nitrogens with zero attached hydrogens (tertiary/aromatic N) is 3. The van der Waals surface area contributed by atoms with Crippen LogP contribution in [0.5, 0.6) is 11.5 Å². The van der Waals surface area contributed by atoms with Crippen LogP contribution < -0.4 is 14.8 Å². The zero-order valence-corrected chi connectivity index (χ0v) is 17.8. The van der Waals surface area contributed by atoms with Crippen LogP contribution in [0.1, 0.15) is 28.4 Å². The summed E-state index contributed by atoms with van der Waals surface area (Å²) in [7, 11) is 3.24. The minimum Gasteiger partial charge on any atom is -0.497 e. The van der Waals surface area contributed by atoms with E-state index in [-0.39, 0.29) is 5.91 Å². The zero-order valence-electron chi connectivity index (χ0n) is 17.8. The fourth-order valence-corrected chi connectivity index (χ4v) is 3.43. The van der Waals surface area contributed by atoms with Crippen molar-refractivity contribution < 1.29 is 14.3 Å². The molecule has 0 aliphatic rings. The first-order chi connectivity index (χ1) is 15.1. The van der Waals surface area contributed by atoms with Gasteiger partial charge in [-0.05, 0) is 42.3 Å².